The molecule has 1 aromatic carbocycles. The minimum Gasteiger partial charge on any atom is -0.385 e. The fourth-order valence-corrected chi connectivity index (χ4v) is 3.42. The van der Waals surface area contributed by atoms with E-state index in [0.717, 1.165) is 0 Å². The second-order valence-electron chi connectivity index (χ2n) is 6.92. The number of fused-ring (bicyclic) bond motifs is 1. The number of ether oxygens (including phenoxy) is 1. The van der Waals surface area contributed by atoms with E-state index in [2.05, 4.69) is 0 Å². The highest BCUT2D eigenvalue weighted by Gasteiger charge is 2.50. The molecule has 0 bridgehead atoms. The summed E-state index contributed by atoms with van der Waals surface area (Å²) in [6.07, 6.45) is 0.874. The molecular formula is C19H22ClF2NO2. The Morgan fingerprint density at radius 1 is 1.32 bits per heavy atom. The molecule has 2 heterocycles. The molecule has 0 amide bonds. The average Bonchev–Trinajstić information content (AvgIpc) is 3.31. The van der Waals surface area contributed by atoms with E-state index in [-0.39, 0.29) is 23.8 Å². The van der Waals surface area contributed by atoms with Gasteiger partial charge in [-0.1, -0.05) is 31.5 Å². The van der Waals surface area contributed by atoms with E-state index in [0.29, 0.717) is 22.8 Å². The second kappa shape index (κ2) is 6.38. The summed E-state index contributed by atoms with van der Waals surface area (Å²) in [6, 6.07) is 3.74. The average molecular weight is 370 g/mol. The Morgan fingerprint density at radius 3 is 2.44 bits per heavy atom. The fourth-order valence-electron chi connectivity index (χ4n) is 3.15. The number of likely N-dealkylation sites (N-methyl/N-ethyl adjacent to an activating group) is 1. The zero-order valence-corrected chi connectivity index (χ0v) is 15.4. The molecule has 0 radical (unpaired) electrons. The summed E-state index contributed by atoms with van der Waals surface area (Å²) in [4.78, 5) is 1.77. The van der Waals surface area contributed by atoms with Crippen molar-refractivity contribution in [1.82, 2.24) is 4.90 Å². The molecule has 1 N–H and O–H groups in total. The number of epoxide rings is 1. The first-order valence-electron chi connectivity index (χ1n) is 8.40. The van der Waals surface area contributed by atoms with Gasteiger partial charge in [-0.25, -0.2) is 8.78 Å². The number of halogens is 3. The molecule has 3 atom stereocenters. The van der Waals surface area contributed by atoms with Crippen molar-refractivity contribution in [1.29, 1.82) is 0 Å². The number of aliphatic hydroxyl groups is 1. The van der Waals surface area contributed by atoms with E-state index in [1.807, 2.05) is 20.8 Å². The zero-order valence-electron chi connectivity index (χ0n) is 14.7. The van der Waals surface area contributed by atoms with Crippen molar-refractivity contribution in [3.8, 4) is 0 Å². The van der Waals surface area contributed by atoms with Gasteiger partial charge in [-0.3, -0.25) is 0 Å². The Hall–Kier alpha value is -1.43. The summed E-state index contributed by atoms with van der Waals surface area (Å²) >= 11 is 6.35. The van der Waals surface area contributed by atoms with Crippen molar-refractivity contribution in [2.45, 2.75) is 45.6 Å². The van der Waals surface area contributed by atoms with Gasteiger partial charge in [0, 0.05) is 12.1 Å². The van der Waals surface area contributed by atoms with Crippen molar-refractivity contribution in [2.75, 3.05) is 6.54 Å². The summed E-state index contributed by atoms with van der Waals surface area (Å²) in [6.45, 7) is 7.67. The third-order valence-electron chi connectivity index (χ3n) is 5.08. The van der Waals surface area contributed by atoms with Crippen LogP contribution >= 0.6 is 11.6 Å². The van der Waals surface area contributed by atoms with Crippen LogP contribution in [-0.2, 0) is 4.74 Å². The smallest absolute Gasteiger partial charge is 0.162 e. The van der Waals surface area contributed by atoms with Gasteiger partial charge in [0.25, 0.3) is 0 Å². The van der Waals surface area contributed by atoms with E-state index < -0.39 is 17.2 Å². The first kappa shape index (κ1) is 18.4. The Bertz CT molecular complexity index is 738. The molecule has 2 aliphatic heterocycles. The molecule has 136 valence electrons. The molecule has 0 aliphatic carbocycles. The van der Waals surface area contributed by atoms with Gasteiger partial charge in [0.05, 0.1) is 21.9 Å². The number of hydrogen-bond donors (Lipinski definition) is 1. The Labute approximate surface area is 151 Å². The van der Waals surface area contributed by atoms with Gasteiger partial charge >= 0.3 is 0 Å². The highest BCUT2D eigenvalue weighted by molar-refractivity contribution is 6.30. The maximum absolute atomic E-state index is 14.6. The summed E-state index contributed by atoms with van der Waals surface area (Å²) in [5.41, 5.74) is -0.805. The number of nitrogens with zero attached hydrogens (tertiary/aromatic N) is 1. The Kier molecular flexibility index (Phi) is 4.69. The molecule has 6 heteroatoms. The van der Waals surface area contributed by atoms with E-state index in [1.165, 1.54) is 18.2 Å². The van der Waals surface area contributed by atoms with Crippen molar-refractivity contribution in [2.24, 2.45) is 5.92 Å². The summed E-state index contributed by atoms with van der Waals surface area (Å²) < 4.78 is 34.8. The largest absolute Gasteiger partial charge is 0.385 e. The first-order valence-corrected chi connectivity index (χ1v) is 8.78. The van der Waals surface area contributed by atoms with Crippen LogP contribution in [0.15, 0.2) is 34.9 Å². The summed E-state index contributed by atoms with van der Waals surface area (Å²) in [5.74, 6) is -1.56. The number of rotatable bonds is 4. The highest BCUT2D eigenvalue weighted by atomic mass is 35.5. The van der Waals surface area contributed by atoms with Crippen LogP contribution in [0.3, 0.4) is 0 Å². The Balaban J connectivity index is 2.35. The zero-order chi connectivity index (χ0) is 18.5. The summed E-state index contributed by atoms with van der Waals surface area (Å²) in [5, 5.41) is 11.5. The van der Waals surface area contributed by atoms with Crippen LogP contribution in [0.2, 0.25) is 0 Å². The predicted octanol–water partition coefficient (Wildman–Crippen LogP) is 4.27. The topological polar surface area (TPSA) is 36.0 Å². The number of hydrogen-bond acceptors (Lipinski definition) is 3. The first-order chi connectivity index (χ1) is 11.7. The molecule has 1 fully saturated rings. The van der Waals surface area contributed by atoms with E-state index >= 15 is 0 Å². The van der Waals surface area contributed by atoms with E-state index in [4.69, 9.17) is 16.3 Å². The lowest BCUT2D eigenvalue weighted by Gasteiger charge is -2.35. The maximum Gasteiger partial charge on any atom is 0.162 e. The molecule has 1 aromatic rings. The lowest BCUT2D eigenvalue weighted by atomic mass is 9.82. The SMILES string of the molecule is CCN1C(c2c(F)cccc2F)=C(C(C)(O)C(C)C)C=C(Cl)C2OC21. The van der Waals surface area contributed by atoms with Gasteiger partial charge in [-0.15, -0.1) is 0 Å². The Morgan fingerprint density at radius 2 is 1.92 bits per heavy atom. The van der Waals surface area contributed by atoms with Gasteiger partial charge in [0.15, 0.2) is 6.23 Å². The molecule has 0 spiro atoms. The quantitative estimate of drug-likeness (QED) is 0.805. The molecule has 1 saturated heterocycles. The third kappa shape index (κ3) is 2.98. The molecule has 0 aromatic heterocycles. The van der Waals surface area contributed by atoms with Crippen molar-refractivity contribution in [3.05, 3.63) is 52.1 Å². The van der Waals surface area contributed by atoms with Gasteiger partial charge in [-0.2, -0.15) is 0 Å². The molecule has 3 nitrogen and oxygen atoms in total. The van der Waals surface area contributed by atoms with Crippen LogP contribution in [0.25, 0.3) is 5.70 Å². The maximum atomic E-state index is 14.6. The monoisotopic (exact) mass is 369 g/mol. The van der Waals surface area contributed by atoms with Gasteiger partial charge in [-0.05, 0) is 38.0 Å². The van der Waals surface area contributed by atoms with Gasteiger partial charge < -0.3 is 14.7 Å². The number of benzene rings is 1. The minimum absolute atomic E-state index is 0.169. The molecule has 25 heavy (non-hydrogen) atoms. The predicted molar refractivity (Wildman–Crippen MR) is 93.7 cm³/mol. The van der Waals surface area contributed by atoms with Crippen LogP contribution in [0.1, 0.15) is 33.3 Å². The normalized spacial score (nSPS) is 25.5. The van der Waals surface area contributed by atoms with Gasteiger partial charge in [0.1, 0.15) is 17.7 Å². The second-order valence-corrected chi connectivity index (χ2v) is 7.36. The van der Waals surface area contributed by atoms with E-state index in [9.17, 15) is 13.9 Å². The van der Waals surface area contributed by atoms with Crippen LogP contribution < -0.4 is 0 Å². The van der Waals surface area contributed by atoms with Crippen LogP contribution in [0.5, 0.6) is 0 Å². The van der Waals surface area contributed by atoms with Crippen LogP contribution in [0, 0.1) is 17.6 Å². The van der Waals surface area contributed by atoms with Crippen LogP contribution in [0.4, 0.5) is 8.78 Å². The minimum atomic E-state index is -1.33. The van der Waals surface area contributed by atoms with Gasteiger partial charge in [0.2, 0.25) is 0 Å². The molecule has 0 saturated carbocycles. The summed E-state index contributed by atoms with van der Waals surface area (Å²) in [7, 11) is 0. The molecule has 3 rings (SSSR count). The lowest BCUT2D eigenvalue weighted by molar-refractivity contribution is 0.0528. The van der Waals surface area contributed by atoms with Crippen molar-refractivity contribution >= 4 is 17.3 Å². The third-order valence-corrected chi connectivity index (χ3v) is 5.41. The molecule has 3 unspecified atom stereocenters. The standard InChI is InChI=1S/C19H22ClF2NO2/c1-5-23-16(15-13(21)7-6-8-14(15)22)11(19(4,24)10(2)3)9-12(20)17-18(23)25-17/h6-10,17-18,24H,5H2,1-4H3. The lowest BCUT2D eigenvalue weighted by Crippen LogP contribution is -2.37. The highest BCUT2D eigenvalue weighted by Crippen LogP contribution is 2.47. The van der Waals surface area contributed by atoms with Crippen molar-refractivity contribution < 1.29 is 18.6 Å². The molecule has 2 aliphatic rings. The van der Waals surface area contributed by atoms with Crippen molar-refractivity contribution in [3.63, 3.8) is 0 Å². The molecular weight excluding hydrogens is 348 g/mol. The van der Waals surface area contributed by atoms with Crippen LogP contribution in [-0.4, -0.2) is 34.5 Å². The fraction of sp³-hybridized carbons (Fsp3) is 0.474. The van der Waals surface area contributed by atoms with E-state index in [1.54, 1.807) is 17.9 Å².